The summed E-state index contributed by atoms with van der Waals surface area (Å²) in [6, 6.07) is 22.1. The molecule has 0 spiro atoms. The van der Waals surface area contributed by atoms with Crippen LogP contribution in [0.2, 0.25) is 0 Å². The number of nitro groups is 1. The van der Waals surface area contributed by atoms with Gasteiger partial charge in [-0.05, 0) is 48.2 Å². The van der Waals surface area contributed by atoms with Crippen LogP contribution in [-0.4, -0.2) is 34.5 Å². The molecule has 2 aliphatic rings. The number of nitrogens with one attached hydrogen (secondary N) is 1. The van der Waals surface area contributed by atoms with Gasteiger partial charge >= 0.3 is 0 Å². The van der Waals surface area contributed by atoms with Gasteiger partial charge in [-0.15, -0.1) is 0 Å². The van der Waals surface area contributed by atoms with E-state index in [1.807, 2.05) is 42.5 Å². The van der Waals surface area contributed by atoms with Crippen LogP contribution in [0.1, 0.15) is 36.0 Å². The minimum Gasteiger partial charge on any atom is -0.325 e. The number of hydrogen-bond acceptors (Lipinski definition) is 5. The highest BCUT2D eigenvalue weighted by molar-refractivity contribution is 6.24. The van der Waals surface area contributed by atoms with E-state index in [0.29, 0.717) is 17.0 Å². The Morgan fingerprint density at radius 1 is 1.12 bits per heavy atom. The summed E-state index contributed by atoms with van der Waals surface area (Å²) in [6.45, 7) is 5.46. The van der Waals surface area contributed by atoms with Crippen molar-refractivity contribution in [3.05, 3.63) is 99.6 Å². The van der Waals surface area contributed by atoms with Gasteiger partial charge in [0, 0.05) is 36.5 Å². The number of benzene rings is 3. The molecule has 1 amide bonds. The number of carbonyl (C=O) groups excluding carboxylic acids is 1. The number of likely N-dealkylation sites (tertiary alicyclic amines) is 1. The number of non-ortho nitro benzene ring substituents is 1. The summed E-state index contributed by atoms with van der Waals surface area (Å²) < 4.78 is 0. The van der Waals surface area contributed by atoms with Crippen LogP contribution >= 0.6 is 0 Å². The Morgan fingerprint density at radius 3 is 2.56 bits per heavy atom. The molecule has 2 atom stereocenters. The normalized spacial score (nSPS) is 20.3. The van der Waals surface area contributed by atoms with Crippen LogP contribution in [0.4, 0.5) is 17.1 Å². The summed E-state index contributed by atoms with van der Waals surface area (Å²) in [6.07, 6.45) is 1.24. The van der Waals surface area contributed by atoms with Crippen molar-refractivity contribution in [1.29, 1.82) is 0 Å². The van der Waals surface area contributed by atoms with Gasteiger partial charge in [-0.1, -0.05) is 49.4 Å². The largest absolute Gasteiger partial charge is 0.325 e. The molecule has 1 N–H and O–H groups in total. The van der Waals surface area contributed by atoms with Gasteiger partial charge in [0.05, 0.1) is 16.3 Å². The first-order valence-electron chi connectivity index (χ1n) is 11.5. The molecule has 5 rings (SSSR count). The van der Waals surface area contributed by atoms with Crippen molar-refractivity contribution in [3.8, 4) is 0 Å². The van der Waals surface area contributed by atoms with Gasteiger partial charge in [-0.2, -0.15) is 0 Å². The lowest BCUT2D eigenvalue weighted by atomic mass is 9.90. The zero-order valence-corrected chi connectivity index (χ0v) is 19.0. The number of rotatable bonds is 6. The average molecular weight is 455 g/mol. The van der Waals surface area contributed by atoms with Gasteiger partial charge in [-0.3, -0.25) is 24.8 Å². The van der Waals surface area contributed by atoms with E-state index in [-0.39, 0.29) is 11.6 Å². The molecule has 0 radical (unpaired) electrons. The maximum Gasteiger partial charge on any atom is 0.269 e. The minimum absolute atomic E-state index is 0.0479. The van der Waals surface area contributed by atoms with E-state index in [9.17, 15) is 14.9 Å². The summed E-state index contributed by atoms with van der Waals surface area (Å²) in [5.74, 6) is -0.227. The number of hydrogen-bond donors (Lipinski definition) is 1. The number of fused-ring (bicyclic) bond motifs is 1. The monoisotopic (exact) mass is 454 g/mol. The molecule has 7 nitrogen and oxygen atoms in total. The van der Waals surface area contributed by atoms with Gasteiger partial charge in [0.1, 0.15) is 5.92 Å². The number of amides is 1. The average Bonchev–Trinajstić information content (AvgIpc) is 3.40. The molecule has 2 unspecified atom stereocenters. The summed E-state index contributed by atoms with van der Waals surface area (Å²) >= 11 is 0. The van der Waals surface area contributed by atoms with Crippen LogP contribution in [0.25, 0.3) is 0 Å². The lowest BCUT2D eigenvalue weighted by molar-refractivity contribution is -0.384. The molecule has 0 aromatic heterocycles. The fourth-order valence-electron chi connectivity index (χ4n) is 4.78. The summed E-state index contributed by atoms with van der Waals surface area (Å²) in [5, 5.41) is 14.2. The first-order chi connectivity index (χ1) is 16.5. The molecule has 0 saturated carbocycles. The SMILES string of the molecule is CC1CCN(Cc2ccc(N=C(c3ccccc3)C3C(=O)Nc4ccc([N+](=O)[O-])cc43)cc2)C1. The Balaban J connectivity index is 1.50. The molecule has 3 aromatic carbocycles. The Morgan fingerprint density at radius 2 is 1.88 bits per heavy atom. The highest BCUT2D eigenvalue weighted by atomic mass is 16.6. The third kappa shape index (κ3) is 4.47. The van der Waals surface area contributed by atoms with E-state index in [1.165, 1.54) is 24.1 Å². The highest BCUT2D eigenvalue weighted by Gasteiger charge is 2.36. The number of nitro benzene ring substituents is 1. The van der Waals surface area contributed by atoms with E-state index in [2.05, 4.69) is 29.3 Å². The number of nitrogens with zero attached hydrogens (tertiary/aromatic N) is 3. The molecule has 1 saturated heterocycles. The lowest BCUT2D eigenvalue weighted by Gasteiger charge is -2.16. The van der Waals surface area contributed by atoms with Crippen molar-refractivity contribution in [1.82, 2.24) is 4.90 Å². The molecule has 1 fully saturated rings. The Hall–Kier alpha value is -3.84. The minimum atomic E-state index is -0.733. The molecule has 172 valence electrons. The van der Waals surface area contributed by atoms with Gasteiger partial charge in [0.15, 0.2) is 0 Å². The summed E-state index contributed by atoms with van der Waals surface area (Å²) in [7, 11) is 0. The lowest BCUT2D eigenvalue weighted by Crippen LogP contribution is -2.22. The molecule has 2 aliphatic heterocycles. The molecule has 34 heavy (non-hydrogen) atoms. The topological polar surface area (TPSA) is 87.8 Å². The van der Waals surface area contributed by atoms with Crippen LogP contribution in [0.5, 0.6) is 0 Å². The third-order valence-corrected chi connectivity index (χ3v) is 6.52. The van der Waals surface area contributed by atoms with E-state index in [4.69, 9.17) is 4.99 Å². The van der Waals surface area contributed by atoms with Crippen LogP contribution < -0.4 is 5.32 Å². The highest BCUT2D eigenvalue weighted by Crippen LogP contribution is 2.38. The number of aliphatic imine (C=N–C) groups is 1. The zero-order chi connectivity index (χ0) is 23.7. The van der Waals surface area contributed by atoms with Gasteiger partial charge < -0.3 is 5.32 Å². The van der Waals surface area contributed by atoms with Crippen molar-refractivity contribution in [3.63, 3.8) is 0 Å². The first kappa shape index (κ1) is 22.0. The van der Waals surface area contributed by atoms with Crippen LogP contribution in [0, 0.1) is 16.0 Å². The van der Waals surface area contributed by atoms with Crippen molar-refractivity contribution in [2.24, 2.45) is 10.9 Å². The smallest absolute Gasteiger partial charge is 0.269 e. The van der Waals surface area contributed by atoms with Crippen molar-refractivity contribution in [2.75, 3.05) is 18.4 Å². The number of anilines is 1. The van der Waals surface area contributed by atoms with Gasteiger partial charge in [0.2, 0.25) is 5.91 Å². The summed E-state index contributed by atoms with van der Waals surface area (Å²) in [5.41, 5.74) is 4.45. The Bertz CT molecular complexity index is 1250. The van der Waals surface area contributed by atoms with Crippen molar-refractivity contribution in [2.45, 2.75) is 25.8 Å². The molecule has 0 aliphatic carbocycles. The maximum absolute atomic E-state index is 13.0. The number of carbonyl (C=O) groups is 1. The molecule has 0 bridgehead atoms. The van der Waals surface area contributed by atoms with Crippen LogP contribution in [0.15, 0.2) is 77.8 Å². The zero-order valence-electron chi connectivity index (χ0n) is 19.0. The third-order valence-electron chi connectivity index (χ3n) is 6.52. The second-order valence-electron chi connectivity index (χ2n) is 9.11. The predicted molar refractivity (Wildman–Crippen MR) is 133 cm³/mol. The second kappa shape index (κ2) is 9.19. The second-order valence-corrected chi connectivity index (χ2v) is 9.11. The fraction of sp³-hybridized carbons (Fsp3) is 0.259. The van der Waals surface area contributed by atoms with Gasteiger partial charge in [-0.25, -0.2) is 0 Å². The van der Waals surface area contributed by atoms with E-state index in [1.54, 1.807) is 6.07 Å². The molecular weight excluding hydrogens is 428 g/mol. The Kier molecular flexibility index (Phi) is 5.94. The quantitative estimate of drug-likeness (QED) is 0.311. The molecule has 3 aromatic rings. The van der Waals surface area contributed by atoms with E-state index in [0.717, 1.165) is 36.8 Å². The molecular formula is C27H26N4O3. The van der Waals surface area contributed by atoms with Crippen molar-refractivity contribution < 1.29 is 9.72 Å². The van der Waals surface area contributed by atoms with E-state index < -0.39 is 10.8 Å². The first-order valence-corrected chi connectivity index (χ1v) is 11.5. The Labute approximate surface area is 198 Å². The fourth-order valence-corrected chi connectivity index (χ4v) is 4.78. The van der Waals surface area contributed by atoms with Gasteiger partial charge in [0.25, 0.3) is 5.69 Å². The summed E-state index contributed by atoms with van der Waals surface area (Å²) in [4.78, 5) is 31.3. The van der Waals surface area contributed by atoms with Crippen LogP contribution in [-0.2, 0) is 11.3 Å². The van der Waals surface area contributed by atoms with Crippen LogP contribution in [0.3, 0.4) is 0 Å². The maximum atomic E-state index is 13.0. The molecule has 7 heteroatoms. The predicted octanol–water partition coefficient (Wildman–Crippen LogP) is 5.29. The standard InChI is InChI=1S/C27H26N4O3/c1-18-13-14-30(16-18)17-19-7-9-21(10-8-19)28-26(20-5-3-2-4-6-20)25-23-15-22(31(33)34)11-12-24(23)29-27(25)32/h2-12,15,18,25H,13-14,16-17H2,1H3,(H,29,32). The van der Waals surface area contributed by atoms with Crippen molar-refractivity contribution >= 4 is 28.7 Å². The van der Waals surface area contributed by atoms with E-state index >= 15 is 0 Å². The molecule has 2 heterocycles.